The molecule has 0 aliphatic heterocycles. The van der Waals surface area contributed by atoms with E-state index in [2.05, 4.69) is 20.1 Å². The van der Waals surface area contributed by atoms with Crippen molar-refractivity contribution in [2.24, 2.45) is 5.16 Å². The summed E-state index contributed by atoms with van der Waals surface area (Å²) in [6, 6.07) is 0. The van der Waals surface area contributed by atoms with Crippen LogP contribution in [-0.4, -0.2) is 42.1 Å². The van der Waals surface area contributed by atoms with Gasteiger partial charge in [-0.25, -0.2) is 14.3 Å². The first-order valence-electron chi connectivity index (χ1n) is 5.93. The summed E-state index contributed by atoms with van der Waals surface area (Å²) in [4.78, 5) is 19.5. The molecule has 1 heterocycles. The smallest absolute Gasteiger partial charge is 0.434 e. The molecule has 0 fully saturated rings. The zero-order valence-corrected chi connectivity index (χ0v) is 13.4. The Hall–Kier alpha value is -1.48. The summed E-state index contributed by atoms with van der Waals surface area (Å²) in [6.07, 6.45) is 0. The molecule has 0 radical (unpaired) electrons. The van der Waals surface area contributed by atoms with Crippen molar-refractivity contribution >= 4 is 35.9 Å². The number of carbonyl (C=O) groups is 1. The zero-order valence-electron chi connectivity index (χ0n) is 11.7. The minimum atomic E-state index is -3.52. The first-order chi connectivity index (χ1) is 9.95. The van der Waals surface area contributed by atoms with Gasteiger partial charge in [0.25, 0.3) is 0 Å². The summed E-state index contributed by atoms with van der Waals surface area (Å²) in [6.45, 7) is 3.73. The lowest BCUT2D eigenvalue weighted by molar-refractivity contribution is -0.129. The van der Waals surface area contributed by atoms with E-state index in [9.17, 15) is 9.36 Å². The molecule has 0 unspecified atom stereocenters. The summed E-state index contributed by atoms with van der Waals surface area (Å²) < 4.78 is 22.4. The second-order valence-corrected chi connectivity index (χ2v) is 6.00. The Morgan fingerprint density at radius 3 is 2.57 bits per heavy atom. The number of carboxylic acid groups (broad SMARTS) is 1. The quantitative estimate of drug-likeness (QED) is 0.400. The Kier molecular flexibility index (Phi) is 6.76. The summed E-state index contributed by atoms with van der Waals surface area (Å²) in [5, 5.41) is 16.6. The van der Waals surface area contributed by atoms with Gasteiger partial charge in [0.2, 0.25) is 5.71 Å². The van der Waals surface area contributed by atoms with Crippen molar-refractivity contribution in [3.05, 3.63) is 11.1 Å². The van der Waals surface area contributed by atoms with E-state index in [-0.39, 0.29) is 29.8 Å². The fraction of sp³-hybridized carbons (Fsp3) is 0.500. The maximum Gasteiger partial charge on any atom is 0.434 e. The molecule has 2 N–H and O–H groups in total. The Morgan fingerprint density at radius 2 is 2.10 bits per heavy atom. The molecule has 0 aliphatic carbocycles. The fourth-order valence-corrected chi connectivity index (χ4v) is 3.53. The number of aromatic nitrogens is 1. The molecule has 1 aromatic heterocycles. The highest BCUT2D eigenvalue weighted by Gasteiger charge is 2.26. The van der Waals surface area contributed by atoms with Crippen LogP contribution in [0.5, 0.6) is 0 Å². The van der Waals surface area contributed by atoms with Crippen LogP contribution in [-0.2, 0) is 23.2 Å². The lowest BCUT2D eigenvalue weighted by Crippen LogP contribution is -2.15. The van der Waals surface area contributed by atoms with E-state index in [0.717, 1.165) is 11.3 Å². The van der Waals surface area contributed by atoms with Crippen LogP contribution in [0.25, 0.3) is 0 Å². The van der Waals surface area contributed by atoms with Crippen molar-refractivity contribution in [1.82, 2.24) is 4.98 Å². The molecular weight excluding hydrogens is 321 g/mol. The number of nitrogens with one attached hydrogen (secondary N) is 1. The van der Waals surface area contributed by atoms with Crippen molar-refractivity contribution in [3.8, 4) is 0 Å². The zero-order chi connectivity index (χ0) is 15.9. The van der Waals surface area contributed by atoms with Crippen molar-refractivity contribution in [2.75, 3.05) is 25.4 Å². The Morgan fingerprint density at radius 1 is 1.48 bits per heavy atom. The van der Waals surface area contributed by atoms with Gasteiger partial charge in [0.15, 0.2) is 5.13 Å². The third-order valence-corrected chi connectivity index (χ3v) is 4.55. The number of rotatable bonds is 9. The Balaban J connectivity index is 2.95. The van der Waals surface area contributed by atoms with E-state index in [1.165, 1.54) is 12.5 Å². The fourth-order valence-electron chi connectivity index (χ4n) is 1.28. The Labute approximate surface area is 125 Å². The largest absolute Gasteiger partial charge is 0.476 e. The monoisotopic (exact) mass is 337 g/mol. The molecule has 1 rings (SSSR count). The van der Waals surface area contributed by atoms with Gasteiger partial charge in [0, 0.05) is 5.38 Å². The molecule has 0 atom stereocenters. The van der Waals surface area contributed by atoms with Gasteiger partial charge in [-0.1, -0.05) is 5.16 Å². The summed E-state index contributed by atoms with van der Waals surface area (Å²) in [7, 11) is -2.29. The van der Waals surface area contributed by atoms with Crippen molar-refractivity contribution in [3.63, 3.8) is 0 Å². The predicted octanol–water partition coefficient (Wildman–Crippen LogP) is 2.17. The minimum Gasteiger partial charge on any atom is -0.476 e. The van der Waals surface area contributed by atoms with Gasteiger partial charge in [-0.2, -0.15) is 0 Å². The molecule has 0 amide bonds. The number of aliphatic carboxylic acids is 1. The maximum absolute atomic E-state index is 12.3. The number of carboxylic acids is 1. The number of hydrogen-bond acceptors (Lipinski definition) is 8. The average molecular weight is 337 g/mol. The third-order valence-electron chi connectivity index (χ3n) is 1.96. The third kappa shape index (κ3) is 5.09. The van der Waals surface area contributed by atoms with E-state index in [0.29, 0.717) is 0 Å². The van der Waals surface area contributed by atoms with Crippen LogP contribution in [0.4, 0.5) is 5.13 Å². The molecule has 118 valence electrons. The summed E-state index contributed by atoms with van der Waals surface area (Å²) in [5.74, 6) is -1.29. The molecule has 9 nitrogen and oxygen atoms in total. The van der Waals surface area contributed by atoms with Crippen molar-refractivity contribution in [2.45, 2.75) is 13.8 Å². The normalized spacial score (nSPS) is 12.2. The van der Waals surface area contributed by atoms with Gasteiger partial charge in [-0.3, -0.25) is 14.1 Å². The number of nitrogens with zero attached hydrogens (tertiary/aromatic N) is 2. The highest BCUT2D eigenvalue weighted by Crippen LogP contribution is 2.48. The van der Waals surface area contributed by atoms with Crippen LogP contribution in [0.3, 0.4) is 0 Å². The number of anilines is 1. The highest BCUT2D eigenvalue weighted by molar-refractivity contribution is 7.56. The topological polar surface area (TPSA) is 119 Å². The predicted molar refractivity (Wildman–Crippen MR) is 77.8 cm³/mol. The number of hydrogen-bond donors (Lipinski definition) is 2. The van der Waals surface area contributed by atoms with E-state index in [4.69, 9.17) is 14.2 Å². The van der Waals surface area contributed by atoms with Crippen molar-refractivity contribution < 1.29 is 28.4 Å². The molecule has 0 bridgehead atoms. The van der Waals surface area contributed by atoms with E-state index >= 15 is 0 Å². The molecule has 0 saturated heterocycles. The maximum atomic E-state index is 12.3. The second kappa shape index (κ2) is 8.08. The number of oxime groups is 1. The first kappa shape index (κ1) is 17.6. The van der Waals surface area contributed by atoms with Crippen molar-refractivity contribution in [1.29, 1.82) is 0 Å². The standard InChI is InChI=1S/C10H16N3O6PS/c1-4-18-20(16,19-5-2)13-10-11-7(6-21-10)8(9(14)15)12-17-3/h6H,4-5H2,1-3H3,(H,14,15)(H,11,13,16)/b12-8+. The van der Waals surface area contributed by atoms with Gasteiger partial charge in [0.05, 0.1) is 13.2 Å². The molecular formula is C10H16N3O6PS. The van der Waals surface area contributed by atoms with Gasteiger partial charge in [-0.05, 0) is 13.8 Å². The lowest BCUT2D eigenvalue weighted by atomic mass is 10.3. The molecule has 0 saturated carbocycles. The summed E-state index contributed by atoms with van der Waals surface area (Å²) in [5.41, 5.74) is -0.277. The van der Waals surface area contributed by atoms with Gasteiger partial charge in [-0.15, -0.1) is 11.3 Å². The van der Waals surface area contributed by atoms with Gasteiger partial charge < -0.3 is 9.94 Å². The van der Waals surface area contributed by atoms with Gasteiger partial charge >= 0.3 is 13.7 Å². The van der Waals surface area contributed by atoms with Crippen LogP contribution >= 0.6 is 19.1 Å². The van der Waals surface area contributed by atoms with Gasteiger partial charge in [0.1, 0.15) is 12.8 Å². The van der Waals surface area contributed by atoms with E-state index < -0.39 is 13.7 Å². The van der Waals surface area contributed by atoms with Crippen LogP contribution in [0.1, 0.15) is 19.5 Å². The molecule has 0 spiro atoms. The van der Waals surface area contributed by atoms with E-state index in [1.807, 2.05) is 0 Å². The SMILES string of the molecule is CCOP(=O)(Nc1nc(/C(=N\OC)C(=O)O)cs1)OCC. The summed E-state index contributed by atoms with van der Waals surface area (Å²) >= 11 is 1.05. The van der Waals surface area contributed by atoms with Crippen LogP contribution < -0.4 is 5.09 Å². The molecule has 21 heavy (non-hydrogen) atoms. The first-order valence-corrected chi connectivity index (χ1v) is 8.35. The van der Waals surface area contributed by atoms with Crippen LogP contribution in [0, 0.1) is 0 Å². The number of thiazole rings is 1. The minimum absolute atomic E-state index is 0.0800. The lowest BCUT2D eigenvalue weighted by Gasteiger charge is -2.16. The average Bonchev–Trinajstić information content (AvgIpc) is 2.83. The van der Waals surface area contributed by atoms with E-state index in [1.54, 1.807) is 13.8 Å². The van der Waals surface area contributed by atoms with Crippen LogP contribution in [0.15, 0.2) is 10.5 Å². The molecule has 0 aliphatic rings. The molecule has 0 aromatic carbocycles. The molecule has 1 aromatic rings. The molecule has 11 heteroatoms. The Bertz CT molecular complexity index is 551. The highest BCUT2D eigenvalue weighted by atomic mass is 32.1. The second-order valence-electron chi connectivity index (χ2n) is 3.41. The van der Waals surface area contributed by atoms with Crippen LogP contribution in [0.2, 0.25) is 0 Å².